The minimum atomic E-state index is 0.303. The van der Waals surface area contributed by atoms with Crippen molar-refractivity contribution < 1.29 is 4.79 Å². The van der Waals surface area contributed by atoms with Crippen molar-refractivity contribution in [2.45, 2.75) is 63.8 Å². The molecular formula is C21H32N2O. The number of piperidine rings is 1. The van der Waals surface area contributed by atoms with E-state index in [1.807, 2.05) is 0 Å². The lowest BCUT2D eigenvalue weighted by molar-refractivity contribution is -0.131. The summed E-state index contributed by atoms with van der Waals surface area (Å²) in [7, 11) is 0. The first-order valence-corrected chi connectivity index (χ1v) is 9.86. The molecule has 1 saturated carbocycles. The molecule has 1 N–H and O–H groups in total. The fourth-order valence-electron chi connectivity index (χ4n) is 4.16. The predicted octanol–water partition coefficient (Wildman–Crippen LogP) is 3.78. The van der Waals surface area contributed by atoms with Crippen LogP contribution in [0.1, 0.15) is 56.9 Å². The van der Waals surface area contributed by atoms with E-state index in [4.69, 9.17) is 0 Å². The summed E-state index contributed by atoms with van der Waals surface area (Å²) in [6.45, 7) is 2.40. The molecule has 2 fully saturated rings. The first kappa shape index (κ1) is 17.5. The topological polar surface area (TPSA) is 32.3 Å². The fraction of sp³-hybridized carbons (Fsp3) is 0.667. The van der Waals surface area contributed by atoms with Gasteiger partial charge in [-0.25, -0.2) is 0 Å². The fourth-order valence-corrected chi connectivity index (χ4v) is 4.16. The number of carbonyl (C=O) groups excluding carboxylic acids is 1. The van der Waals surface area contributed by atoms with Gasteiger partial charge in [0.15, 0.2) is 0 Å². The lowest BCUT2D eigenvalue weighted by Crippen LogP contribution is -2.45. The molecular weight excluding hydrogens is 296 g/mol. The molecule has 0 aromatic heterocycles. The van der Waals surface area contributed by atoms with Gasteiger partial charge in [-0.2, -0.15) is 0 Å². The summed E-state index contributed by atoms with van der Waals surface area (Å²) >= 11 is 0. The Balaban J connectivity index is 1.37. The van der Waals surface area contributed by atoms with Gasteiger partial charge in [0.2, 0.25) is 5.91 Å². The maximum Gasteiger partial charge on any atom is 0.236 e. The number of benzene rings is 1. The van der Waals surface area contributed by atoms with Crippen molar-refractivity contribution in [3.05, 3.63) is 35.9 Å². The number of carbonyl (C=O) groups is 1. The quantitative estimate of drug-likeness (QED) is 0.834. The van der Waals surface area contributed by atoms with Gasteiger partial charge in [0.1, 0.15) is 0 Å². The van der Waals surface area contributed by atoms with Gasteiger partial charge in [-0.1, -0.05) is 56.0 Å². The third-order valence-electron chi connectivity index (χ3n) is 5.73. The Hall–Kier alpha value is -1.35. The molecule has 3 nitrogen and oxygen atoms in total. The summed E-state index contributed by atoms with van der Waals surface area (Å²) < 4.78 is 0. The lowest BCUT2D eigenvalue weighted by Gasteiger charge is -2.32. The van der Waals surface area contributed by atoms with Crippen molar-refractivity contribution in [1.29, 1.82) is 0 Å². The van der Waals surface area contributed by atoms with Crippen LogP contribution in [0.15, 0.2) is 30.3 Å². The molecule has 2 aliphatic rings. The Bertz CT molecular complexity index is 486. The van der Waals surface area contributed by atoms with Crippen molar-refractivity contribution in [2.24, 2.45) is 5.92 Å². The van der Waals surface area contributed by atoms with Gasteiger partial charge in [0.25, 0.3) is 0 Å². The Morgan fingerprint density at radius 2 is 1.62 bits per heavy atom. The van der Waals surface area contributed by atoms with Crippen LogP contribution in [0.25, 0.3) is 0 Å². The van der Waals surface area contributed by atoms with E-state index in [2.05, 4.69) is 40.5 Å². The van der Waals surface area contributed by atoms with Crippen LogP contribution in [-0.4, -0.2) is 36.5 Å². The van der Waals surface area contributed by atoms with Crippen molar-refractivity contribution >= 4 is 5.91 Å². The van der Waals surface area contributed by atoms with Crippen LogP contribution >= 0.6 is 0 Å². The third kappa shape index (κ3) is 5.34. The molecule has 3 heteroatoms. The Labute approximate surface area is 146 Å². The second-order valence-corrected chi connectivity index (χ2v) is 7.58. The van der Waals surface area contributed by atoms with Gasteiger partial charge in [0.05, 0.1) is 6.54 Å². The molecule has 1 saturated heterocycles. The molecule has 1 aromatic rings. The molecule has 0 bridgehead atoms. The summed E-state index contributed by atoms with van der Waals surface area (Å²) in [5, 5.41) is 3.52. The Kier molecular flexibility index (Phi) is 6.71. The van der Waals surface area contributed by atoms with Gasteiger partial charge >= 0.3 is 0 Å². The lowest BCUT2D eigenvalue weighted by atomic mass is 9.90. The molecule has 1 aliphatic heterocycles. The average molecular weight is 329 g/mol. The SMILES string of the molecule is O=C(CNC1CCCCCC1)N1CCC(Cc2ccccc2)CC1. The van der Waals surface area contributed by atoms with Gasteiger partial charge in [-0.05, 0) is 43.6 Å². The molecule has 0 unspecified atom stereocenters. The monoisotopic (exact) mass is 328 g/mol. The first-order chi connectivity index (χ1) is 11.8. The summed E-state index contributed by atoms with van der Waals surface area (Å²) in [4.78, 5) is 14.5. The minimum Gasteiger partial charge on any atom is -0.342 e. The maximum atomic E-state index is 12.5. The van der Waals surface area contributed by atoms with Gasteiger partial charge in [-0.15, -0.1) is 0 Å². The second-order valence-electron chi connectivity index (χ2n) is 7.58. The molecule has 132 valence electrons. The van der Waals surface area contributed by atoms with Gasteiger partial charge in [-0.3, -0.25) is 4.79 Å². The number of hydrogen-bond donors (Lipinski definition) is 1. The normalized spacial score (nSPS) is 20.8. The van der Waals surface area contributed by atoms with Crippen molar-refractivity contribution in [1.82, 2.24) is 10.2 Å². The van der Waals surface area contributed by atoms with Crippen LogP contribution in [0.4, 0.5) is 0 Å². The number of nitrogens with zero attached hydrogens (tertiary/aromatic N) is 1. The second kappa shape index (κ2) is 9.22. The molecule has 24 heavy (non-hydrogen) atoms. The summed E-state index contributed by atoms with van der Waals surface area (Å²) in [5.74, 6) is 1.03. The van der Waals surface area contributed by atoms with E-state index in [1.54, 1.807) is 0 Å². The molecule has 0 radical (unpaired) electrons. The van der Waals surface area contributed by atoms with E-state index >= 15 is 0 Å². The summed E-state index contributed by atoms with van der Waals surface area (Å²) in [5.41, 5.74) is 1.43. The first-order valence-electron chi connectivity index (χ1n) is 9.86. The highest BCUT2D eigenvalue weighted by Crippen LogP contribution is 2.22. The predicted molar refractivity (Wildman–Crippen MR) is 98.9 cm³/mol. The minimum absolute atomic E-state index is 0.303. The molecule has 1 aliphatic carbocycles. The van der Waals surface area contributed by atoms with E-state index in [1.165, 1.54) is 44.1 Å². The van der Waals surface area contributed by atoms with Crippen LogP contribution in [0.5, 0.6) is 0 Å². The van der Waals surface area contributed by atoms with E-state index in [0.717, 1.165) is 38.3 Å². The summed E-state index contributed by atoms with van der Waals surface area (Å²) in [6, 6.07) is 11.3. The zero-order valence-corrected chi connectivity index (χ0v) is 14.9. The number of nitrogens with one attached hydrogen (secondary N) is 1. The van der Waals surface area contributed by atoms with E-state index in [-0.39, 0.29) is 0 Å². The molecule has 1 aromatic carbocycles. The molecule has 1 amide bonds. The largest absolute Gasteiger partial charge is 0.342 e. The smallest absolute Gasteiger partial charge is 0.236 e. The van der Waals surface area contributed by atoms with Gasteiger partial charge in [0, 0.05) is 19.1 Å². The number of amides is 1. The van der Waals surface area contributed by atoms with Crippen molar-refractivity contribution in [2.75, 3.05) is 19.6 Å². The van der Waals surface area contributed by atoms with Crippen LogP contribution in [0.3, 0.4) is 0 Å². The Morgan fingerprint density at radius 1 is 0.958 bits per heavy atom. The highest BCUT2D eigenvalue weighted by atomic mass is 16.2. The molecule has 1 heterocycles. The Morgan fingerprint density at radius 3 is 2.29 bits per heavy atom. The van der Waals surface area contributed by atoms with Gasteiger partial charge < -0.3 is 10.2 Å². The van der Waals surface area contributed by atoms with Crippen molar-refractivity contribution in [3.63, 3.8) is 0 Å². The zero-order chi connectivity index (χ0) is 16.6. The molecule has 3 rings (SSSR count). The highest BCUT2D eigenvalue weighted by molar-refractivity contribution is 5.78. The maximum absolute atomic E-state index is 12.5. The third-order valence-corrected chi connectivity index (χ3v) is 5.73. The molecule has 0 atom stereocenters. The number of hydrogen-bond acceptors (Lipinski definition) is 2. The number of rotatable bonds is 5. The van der Waals surface area contributed by atoms with Crippen molar-refractivity contribution in [3.8, 4) is 0 Å². The average Bonchev–Trinajstić information content (AvgIpc) is 2.90. The van der Waals surface area contributed by atoms with E-state index in [9.17, 15) is 4.79 Å². The van der Waals surface area contributed by atoms with Crippen LogP contribution in [0, 0.1) is 5.92 Å². The van der Waals surface area contributed by atoms with Crippen LogP contribution in [-0.2, 0) is 11.2 Å². The van der Waals surface area contributed by atoms with Crippen LogP contribution in [0.2, 0.25) is 0 Å². The standard InChI is InChI=1S/C21H32N2O/c24-21(17-22-20-10-6-1-2-7-11-20)23-14-12-19(13-15-23)16-18-8-4-3-5-9-18/h3-5,8-9,19-20,22H,1-2,6-7,10-17H2. The number of likely N-dealkylation sites (tertiary alicyclic amines) is 1. The highest BCUT2D eigenvalue weighted by Gasteiger charge is 2.23. The van der Waals surface area contributed by atoms with E-state index < -0.39 is 0 Å². The molecule has 0 spiro atoms. The zero-order valence-electron chi connectivity index (χ0n) is 14.9. The summed E-state index contributed by atoms with van der Waals surface area (Å²) in [6.07, 6.45) is 11.3. The van der Waals surface area contributed by atoms with Crippen LogP contribution < -0.4 is 5.32 Å². The van der Waals surface area contributed by atoms with E-state index in [0.29, 0.717) is 18.5 Å².